The van der Waals surface area contributed by atoms with Crippen molar-refractivity contribution in [3.8, 4) is 11.1 Å². The van der Waals surface area contributed by atoms with Crippen LogP contribution in [0.4, 0.5) is 6.01 Å². The fraction of sp³-hybridized carbons (Fsp3) is 0.190. The molecule has 0 spiro atoms. The fourth-order valence-electron chi connectivity index (χ4n) is 3.36. The molecule has 2 N–H and O–H groups in total. The highest BCUT2D eigenvalue weighted by Gasteiger charge is 2.26. The first-order valence-electron chi connectivity index (χ1n) is 9.56. The summed E-state index contributed by atoms with van der Waals surface area (Å²) in [7, 11) is 0. The molecule has 30 heavy (non-hydrogen) atoms. The number of nitrogens with zero attached hydrogens (tertiary/aromatic N) is 3. The summed E-state index contributed by atoms with van der Waals surface area (Å²) in [6, 6.07) is 15.5. The highest BCUT2D eigenvalue weighted by Crippen LogP contribution is 2.29. The van der Waals surface area contributed by atoms with Gasteiger partial charge in [0.25, 0.3) is 11.7 Å². The molecule has 2 aromatic heterocycles. The zero-order valence-corrected chi connectivity index (χ0v) is 16.6. The Kier molecular flexibility index (Phi) is 4.72. The Bertz CT molecular complexity index is 1230. The summed E-state index contributed by atoms with van der Waals surface area (Å²) in [4.78, 5) is 29.1. The molecule has 1 unspecified atom stereocenters. The second-order valence-corrected chi connectivity index (χ2v) is 7.97. The van der Waals surface area contributed by atoms with Gasteiger partial charge < -0.3 is 15.1 Å². The summed E-state index contributed by atoms with van der Waals surface area (Å²) in [5.41, 5.74) is 2.89. The van der Waals surface area contributed by atoms with Crippen LogP contribution in [0.25, 0.3) is 21.3 Å². The highest BCUT2D eigenvalue weighted by atomic mass is 32.1. The molecule has 1 aliphatic heterocycles. The maximum atomic E-state index is 12.8. The minimum absolute atomic E-state index is 0.0490. The van der Waals surface area contributed by atoms with Crippen molar-refractivity contribution in [1.82, 2.24) is 20.5 Å². The van der Waals surface area contributed by atoms with Gasteiger partial charge in [0.05, 0.1) is 10.2 Å². The third-order valence-corrected chi connectivity index (χ3v) is 5.91. The van der Waals surface area contributed by atoms with Gasteiger partial charge >= 0.3 is 6.01 Å². The Morgan fingerprint density at radius 3 is 2.83 bits per heavy atom. The molecule has 9 heteroatoms. The van der Waals surface area contributed by atoms with Crippen LogP contribution in [0, 0.1) is 0 Å². The lowest BCUT2D eigenvalue weighted by molar-refractivity contribution is -0.123. The number of hydrogen-bond acceptors (Lipinski definition) is 8. The summed E-state index contributed by atoms with van der Waals surface area (Å²) in [6.45, 7) is 0.661. The molecule has 1 saturated heterocycles. The van der Waals surface area contributed by atoms with Crippen molar-refractivity contribution in [2.45, 2.75) is 18.9 Å². The number of aromatic nitrogens is 3. The predicted octanol–water partition coefficient (Wildman–Crippen LogP) is 3.27. The van der Waals surface area contributed by atoms with Gasteiger partial charge in [-0.1, -0.05) is 41.5 Å². The normalized spacial score (nSPS) is 16.4. The van der Waals surface area contributed by atoms with Gasteiger partial charge in [-0.05, 0) is 36.1 Å². The number of ketones is 1. The van der Waals surface area contributed by atoms with Crippen LogP contribution in [0.2, 0.25) is 0 Å². The van der Waals surface area contributed by atoms with E-state index >= 15 is 0 Å². The van der Waals surface area contributed by atoms with Crippen molar-refractivity contribution in [3.05, 3.63) is 59.4 Å². The van der Waals surface area contributed by atoms with E-state index in [1.165, 1.54) is 11.3 Å². The van der Waals surface area contributed by atoms with E-state index in [1.54, 1.807) is 0 Å². The molecule has 0 aliphatic carbocycles. The molecule has 0 radical (unpaired) electrons. The van der Waals surface area contributed by atoms with Crippen LogP contribution in [0.1, 0.15) is 28.5 Å². The van der Waals surface area contributed by atoms with Gasteiger partial charge in [-0.3, -0.25) is 9.59 Å². The molecule has 1 aliphatic rings. The lowest BCUT2D eigenvalue weighted by atomic mass is 10.1. The fourth-order valence-corrected chi connectivity index (χ4v) is 4.29. The zero-order chi connectivity index (χ0) is 20.5. The number of nitrogens with one attached hydrogen (secondary N) is 2. The molecule has 3 heterocycles. The number of carbonyl (C=O) groups is 2. The molecule has 1 atom stereocenters. The lowest BCUT2D eigenvalue weighted by Gasteiger charge is -2.21. The molecule has 2 aromatic carbocycles. The van der Waals surface area contributed by atoms with Crippen LogP contribution in [0.5, 0.6) is 0 Å². The largest absolute Gasteiger partial charge is 0.400 e. The third-order valence-electron chi connectivity index (χ3n) is 4.89. The quantitative estimate of drug-likeness (QED) is 0.478. The topological polar surface area (TPSA) is 110 Å². The van der Waals surface area contributed by atoms with Crippen molar-refractivity contribution in [2.75, 3.05) is 11.9 Å². The van der Waals surface area contributed by atoms with Crippen molar-refractivity contribution in [3.63, 3.8) is 0 Å². The Labute approximate surface area is 175 Å². The molecule has 1 fully saturated rings. The van der Waals surface area contributed by atoms with Crippen LogP contribution < -0.4 is 10.6 Å². The average molecular weight is 419 g/mol. The molecule has 0 saturated carbocycles. The number of anilines is 1. The van der Waals surface area contributed by atoms with Gasteiger partial charge in [-0.2, -0.15) is 0 Å². The number of rotatable bonds is 5. The van der Waals surface area contributed by atoms with E-state index in [2.05, 4.69) is 25.8 Å². The van der Waals surface area contributed by atoms with Crippen LogP contribution >= 0.6 is 11.3 Å². The minimum Gasteiger partial charge on any atom is -0.400 e. The highest BCUT2D eigenvalue weighted by molar-refractivity contribution is 7.20. The van der Waals surface area contributed by atoms with Gasteiger partial charge in [0.2, 0.25) is 5.91 Å². The van der Waals surface area contributed by atoms with Crippen LogP contribution in [-0.2, 0) is 4.79 Å². The van der Waals surface area contributed by atoms with Gasteiger partial charge in [0.1, 0.15) is 6.04 Å². The molecular weight excluding hydrogens is 402 g/mol. The lowest BCUT2D eigenvalue weighted by Crippen LogP contribution is -2.44. The van der Waals surface area contributed by atoms with E-state index in [4.69, 9.17) is 4.42 Å². The monoisotopic (exact) mass is 419 g/mol. The standard InChI is InChI=1S/C21H17N5O3S/c27-17(19-25-26-21(29-19)24-15-7-4-10-22-18(15)28)20-23-14-9-8-13(11-16(14)30-20)12-5-2-1-3-6-12/h1-3,5-6,8-9,11,15H,4,7,10H2,(H,22,28)(H,24,26). The third kappa shape index (κ3) is 3.55. The molecule has 4 aromatic rings. The van der Waals surface area contributed by atoms with E-state index in [0.29, 0.717) is 13.0 Å². The van der Waals surface area contributed by atoms with Gasteiger partial charge in [0, 0.05) is 6.54 Å². The number of benzene rings is 2. The van der Waals surface area contributed by atoms with E-state index in [-0.39, 0.29) is 22.8 Å². The Morgan fingerprint density at radius 1 is 1.13 bits per heavy atom. The molecule has 8 nitrogen and oxygen atoms in total. The summed E-state index contributed by atoms with van der Waals surface area (Å²) in [5, 5.41) is 13.6. The molecule has 5 rings (SSSR count). The first-order valence-corrected chi connectivity index (χ1v) is 10.4. The average Bonchev–Trinajstić information content (AvgIpc) is 3.42. The van der Waals surface area contributed by atoms with Gasteiger partial charge in [-0.15, -0.1) is 16.4 Å². The second kappa shape index (κ2) is 7.68. The van der Waals surface area contributed by atoms with Gasteiger partial charge in [0.15, 0.2) is 5.01 Å². The Morgan fingerprint density at radius 2 is 2.00 bits per heavy atom. The minimum atomic E-state index is -0.444. The van der Waals surface area contributed by atoms with Crippen molar-refractivity contribution >= 4 is 39.3 Å². The number of thiazole rings is 1. The first kappa shape index (κ1) is 18.4. The Hall–Kier alpha value is -3.59. The molecule has 150 valence electrons. The SMILES string of the molecule is O=C(c1nnc(NC2CCCNC2=O)o1)c1nc2ccc(-c3ccccc3)cc2s1. The van der Waals surface area contributed by atoms with Crippen molar-refractivity contribution in [1.29, 1.82) is 0 Å². The van der Waals surface area contributed by atoms with Crippen LogP contribution in [0.15, 0.2) is 52.9 Å². The number of hydrogen-bond donors (Lipinski definition) is 2. The van der Waals surface area contributed by atoms with Crippen LogP contribution in [0.3, 0.4) is 0 Å². The second-order valence-electron chi connectivity index (χ2n) is 6.94. The van der Waals surface area contributed by atoms with E-state index < -0.39 is 11.8 Å². The molecule has 0 bridgehead atoms. The number of fused-ring (bicyclic) bond motifs is 1. The number of piperidine rings is 1. The Balaban J connectivity index is 1.37. The van der Waals surface area contributed by atoms with Gasteiger partial charge in [-0.25, -0.2) is 4.98 Å². The maximum absolute atomic E-state index is 12.8. The summed E-state index contributed by atoms with van der Waals surface area (Å²) in [6.07, 6.45) is 1.53. The predicted molar refractivity (Wildman–Crippen MR) is 112 cm³/mol. The number of amides is 1. The van der Waals surface area contributed by atoms with Crippen LogP contribution in [-0.4, -0.2) is 39.5 Å². The summed E-state index contributed by atoms with van der Waals surface area (Å²) >= 11 is 1.28. The van der Waals surface area contributed by atoms with E-state index in [9.17, 15) is 9.59 Å². The molecular formula is C21H17N5O3S. The van der Waals surface area contributed by atoms with E-state index in [1.807, 2.05) is 48.5 Å². The first-order chi connectivity index (χ1) is 14.7. The summed E-state index contributed by atoms with van der Waals surface area (Å²) < 4.78 is 6.34. The summed E-state index contributed by atoms with van der Waals surface area (Å²) in [5.74, 6) is -0.713. The van der Waals surface area contributed by atoms with Crippen molar-refractivity contribution in [2.24, 2.45) is 0 Å². The van der Waals surface area contributed by atoms with Crippen molar-refractivity contribution < 1.29 is 14.0 Å². The zero-order valence-electron chi connectivity index (χ0n) is 15.8. The smallest absolute Gasteiger partial charge is 0.316 e. The van der Waals surface area contributed by atoms with E-state index in [0.717, 1.165) is 27.8 Å². The maximum Gasteiger partial charge on any atom is 0.316 e. The molecule has 1 amide bonds. The number of carbonyl (C=O) groups excluding carboxylic acids is 2.